The number of carbonyl (C=O) groups is 1. The summed E-state index contributed by atoms with van der Waals surface area (Å²) in [6.45, 7) is 7.17. The van der Waals surface area contributed by atoms with Gasteiger partial charge >= 0.3 is 6.09 Å². The average molecular weight is 463 g/mol. The Kier molecular flexibility index (Phi) is 6.29. The number of para-hydroxylation sites is 1. The fraction of sp³-hybridized carbons (Fsp3) is 0.240. The Bertz CT molecular complexity index is 1330. The smallest absolute Gasteiger partial charge is 0.408 e. The van der Waals surface area contributed by atoms with Crippen molar-refractivity contribution in [3.05, 3.63) is 89.1 Å². The second kappa shape index (κ2) is 9.15. The van der Waals surface area contributed by atoms with Crippen molar-refractivity contribution in [1.82, 2.24) is 19.5 Å². The molecular formula is C25H26N4O3S. The van der Waals surface area contributed by atoms with Gasteiger partial charge in [-0.05, 0) is 58.0 Å². The summed E-state index contributed by atoms with van der Waals surface area (Å²) in [6.07, 6.45) is 1.19. The van der Waals surface area contributed by atoms with Crippen LogP contribution in [0.3, 0.4) is 0 Å². The van der Waals surface area contributed by atoms with Gasteiger partial charge in [0.2, 0.25) is 0 Å². The number of benzene rings is 2. The van der Waals surface area contributed by atoms with Crippen molar-refractivity contribution in [3.63, 3.8) is 0 Å². The van der Waals surface area contributed by atoms with E-state index in [2.05, 4.69) is 5.32 Å². The molecule has 0 aliphatic heterocycles. The number of carbonyl (C=O) groups excluding carboxylic acids is 1. The summed E-state index contributed by atoms with van der Waals surface area (Å²) in [4.78, 5) is 28.0. The number of nitrogens with one attached hydrogen (secondary N) is 1. The van der Waals surface area contributed by atoms with Gasteiger partial charge in [0.05, 0.1) is 11.7 Å². The molecule has 0 saturated carbocycles. The fourth-order valence-electron chi connectivity index (χ4n) is 3.41. The molecule has 0 saturated heterocycles. The molecule has 0 unspecified atom stereocenters. The molecule has 4 rings (SSSR count). The van der Waals surface area contributed by atoms with Gasteiger partial charge in [0.15, 0.2) is 5.82 Å². The number of fused-ring (bicyclic) bond motifs is 1. The second-order valence-electron chi connectivity index (χ2n) is 8.59. The first-order valence-electron chi connectivity index (χ1n) is 10.6. The summed E-state index contributed by atoms with van der Waals surface area (Å²) < 4.78 is 8.52. The molecule has 1 amide bonds. The van der Waals surface area contributed by atoms with Crippen LogP contribution in [0.1, 0.15) is 39.6 Å². The lowest BCUT2D eigenvalue weighted by atomic mass is 10.2. The molecule has 4 aromatic rings. The van der Waals surface area contributed by atoms with Crippen molar-refractivity contribution in [1.29, 1.82) is 0 Å². The number of amides is 1. The predicted molar refractivity (Wildman–Crippen MR) is 129 cm³/mol. The van der Waals surface area contributed by atoms with E-state index >= 15 is 0 Å². The van der Waals surface area contributed by atoms with Crippen LogP contribution < -0.4 is 10.9 Å². The number of alkyl carbamates (subject to hydrolysis) is 1. The van der Waals surface area contributed by atoms with Gasteiger partial charge in [-0.2, -0.15) is 5.10 Å². The zero-order valence-electron chi connectivity index (χ0n) is 19.0. The highest BCUT2D eigenvalue weighted by Gasteiger charge is 2.24. The number of ether oxygens (including phenoxy) is 1. The molecule has 0 spiro atoms. The molecule has 0 fully saturated rings. The topological polar surface area (TPSA) is 77.6 Å². The fourth-order valence-corrected chi connectivity index (χ4v) is 4.36. The zero-order valence-corrected chi connectivity index (χ0v) is 19.8. The number of rotatable bonds is 5. The Morgan fingerprint density at radius 3 is 2.30 bits per heavy atom. The summed E-state index contributed by atoms with van der Waals surface area (Å²) in [5.74, 6) is 0.399. The van der Waals surface area contributed by atoms with Gasteiger partial charge in [0.25, 0.3) is 5.56 Å². The molecule has 0 radical (unpaired) electrons. The molecule has 170 valence electrons. The van der Waals surface area contributed by atoms with E-state index in [-0.39, 0.29) is 5.56 Å². The van der Waals surface area contributed by atoms with E-state index in [1.165, 1.54) is 11.8 Å². The molecule has 1 N–H and O–H groups in total. The number of hydrogen-bond donors (Lipinski definition) is 1. The lowest BCUT2D eigenvalue weighted by Gasteiger charge is -2.23. The van der Waals surface area contributed by atoms with E-state index in [1.807, 2.05) is 66.7 Å². The van der Waals surface area contributed by atoms with Crippen LogP contribution in [0.25, 0.3) is 11.2 Å². The van der Waals surface area contributed by atoms with Crippen molar-refractivity contribution in [2.75, 3.05) is 0 Å². The minimum absolute atomic E-state index is 0.215. The largest absolute Gasteiger partial charge is 0.444 e. The summed E-state index contributed by atoms with van der Waals surface area (Å²) in [5, 5.41) is 7.52. The molecule has 2 heterocycles. The Labute approximate surface area is 196 Å². The molecule has 1 atom stereocenters. The predicted octanol–water partition coefficient (Wildman–Crippen LogP) is 5.22. The van der Waals surface area contributed by atoms with Crippen LogP contribution in [0.15, 0.2) is 87.5 Å². The summed E-state index contributed by atoms with van der Waals surface area (Å²) in [5.41, 5.74) is 0.292. The first-order valence-corrected chi connectivity index (χ1v) is 11.5. The van der Waals surface area contributed by atoms with Crippen LogP contribution in [-0.4, -0.2) is 25.9 Å². The number of nitrogens with zero attached hydrogens (tertiary/aromatic N) is 3. The van der Waals surface area contributed by atoms with Gasteiger partial charge in [-0.1, -0.05) is 48.2 Å². The molecular weight excluding hydrogens is 436 g/mol. The van der Waals surface area contributed by atoms with Gasteiger partial charge in [-0.25, -0.2) is 9.31 Å². The molecule has 2 aromatic heterocycles. The Morgan fingerprint density at radius 2 is 1.67 bits per heavy atom. The third-order valence-electron chi connectivity index (χ3n) is 4.78. The molecule has 33 heavy (non-hydrogen) atoms. The lowest BCUT2D eigenvalue weighted by Crippen LogP contribution is -2.37. The van der Waals surface area contributed by atoms with E-state index < -0.39 is 17.7 Å². The highest BCUT2D eigenvalue weighted by Crippen LogP contribution is 2.30. The molecule has 0 bridgehead atoms. The zero-order chi connectivity index (χ0) is 23.6. The van der Waals surface area contributed by atoms with Crippen LogP contribution in [0, 0.1) is 0 Å². The Balaban J connectivity index is 1.81. The van der Waals surface area contributed by atoms with Crippen molar-refractivity contribution < 1.29 is 9.53 Å². The second-order valence-corrected chi connectivity index (χ2v) is 9.71. The van der Waals surface area contributed by atoms with E-state index in [4.69, 9.17) is 9.84 Å². The lowest BCUT2D eigenvalue weighted by molar-refractivity contribution is 0.0505. The highest BCUT2D eigenvalue weighted by molar-refractivity contribution is 7.99. The Hall–Kier alpha value is -3.52. The van der Waals surface area contributed by atoms with Crippen molar-refractivity contribution >= 4 is 23.4 Å². The maximum atomic E-state index is 13.8. The van der Waals surface area contributed by atoms with Gasteiger partial charge < -0.3 is 10.1 Å². The van der Waals surface area contributed by atoms with E-state index in [0.717, 1.165) is 9.79 Å². The minimum atomic E-state index is -0.635. The summed E-state index contributed by atoms with van der Waals surface area (Å²) in [7, 11) is 0. The average Bonchev–Trinajstić information content (AvgIpc) is 3.16. The van der Waals surface area contributed by atoms with Crippen molar-refractivity contribution in [2.45, 2.75) is 49.1 Å². The normalized spacial score (nSPS) is 12.5. The maximum Gasteiger partial charge on any atom is 0.408 e. The van der Waals surface area contributed by atoms with Crippen LogP contribution >= 0.6 is 11.8 Å². The summed E-state index contributed by atoms with van der Waals surface area (Å²) >= 11 is 1.51. The highest BCUT2D eigenvalue weighted by atomic mass is 32.2. The van der Waals surface area contributed by atoms with Crippen molar-refractivity contribution in [2.24, 2.45) is 0 Å². The molecule has 8 heteroatoms. The van der Waals surface area contributed by atoms with Crippen LogP contribution in [-0.2, 0) is 4.74 Å². The Morgan fingerprint density at radius 1 is 1.03 bits per heavy atom. The third-order valence-corrected chi connectivity index (χ3v) is 5.84. The van der Waals surface area contributed by atoms with Gasteiger partial charge in [-0.15, -0.1) is 0 Å². The van der Waals surface area contributed by atoms with E-state index in [0.29, 0.717) is 17.0 Å². The summed E-state index contributed by atoms with van der Waals surface area (Å²) in [6, 6.07) is 20.5. The van der Waals surface area contributed by atoms with Gasteiger partial charge in [-0.3, -0.25) is 9.36 Å². The van der Waals surface area contributed by atoms with Crippen LogP contribution in [0.5, 0.6) is 0 Å². The van der Waals surface area contributed by atoms with E-state index in [1.54, 1.807) is 43.0 Å². The van der Waals surface area contributed by atoms with Gasteiger partial charge in [0.1, 0.15) is 11.1 Å². The maximum absolute atomic E-state index is 13.8. The van der Waals surface area contributed by atoms with Crippen molar-refractivity contribution in [3.8, 4) is 5.69 Å². The monoisotopic (exact) mass is 462 g/mol. The minimum Gasteiger partial charge on any atom is -0.444 e. The standard InChI is InChI=1S/C25H26N4O3S/c1-17(26-24(31)32-25(2,3)4)22-27-28-16-15-20(33-19-13-9-6-10-14-19)21(28)23(30)29(22)18-11-7-5-8-12-18/h5-17H,1-4H3,(H,26,31)/t17-/m0/s1. The first-order chi connectivity index (χ1) is 15.7. The first kappa shape index (κ1) is 22.7. The molecule has 0 aliphatic rings. The van der Waals surface area contributed by atoms with Crippen LogP contribution in [0.4, 0.5) is 4.79 Å². The third kappa shape index (κ3) is 5.12. The SMILES string of the molecule is C[C@H](NC(=O)OC(C)(C)C)c1nn2ccc(Sc3ccccc3)c2c(=O)n1-c1ccccc1. The quantitative estimate of drug-likeness (QED) is 0.440. The van der Waals surface area contributed by atoms with Crippen LogP contribution in [0.2, 0.25) is 0 Å². The molecule has 0 aliphatic carbocycles. The van der Waals surface area contributed by atoms with E-state index in [9.17, 15) is 9.59 Å². The number of aromatic nitrogens is 3. The number of hydrogen-bond acceptors (Lipinski definition) is 5. The molecule has 2 aromatic carbocycles. The molecule has 7 nitrogen and oxygen atoms in total. The van der Waals surface area contributed by atoms with Gasteiger partial charge in [0, 0.05) is 16.0 Å².